The molecule has 0 radical (unpaired) electrons. The number of hydrogen-bond acceptors (Lipinski definition) is 5. The van der Waals surface area contributed by atoms with Crippen LogP contribution in [0.15, 0.2) is 24.3 Å². The van der Waals surface area contributed by atoms with E-state index in [1.807, 2.05) is 19.1 Å². The summed E-state index contributed by atoms with van der Waals surface area (Å²) in [5, 5.41) is 18.1. The quantitative estimate of drug-likeness (QED) is 0.612. The third-order valence-electron chi connectivity index (χ3n) is 3.87. The molecule has 0 aliphatic carbocycles. The van der Waals surface area contributed by atoms with Gasteiger partial charge in [0.15, 0.2) is 0 Å². The van der Waals surface area contributed by atoms with Crippen LogP contribution in [0.25, 0.3) is 0 Å². The summed E-state index contributed by atoms with van der Waals surface area (Å²) >= 11 is 0. The molecule has 1 aromatic carbocycles. The minimum absolute atomic E-state index is 0.0446. The van der Waals surface area contributed by atoms with Crippen molar-refractivity contribution in [3.05, 3.63) is 56.9 Å². The zero-order valence-corrected chi connectivity index (χ0v) is 14.8. The first-order chi connectivity index (χ1) is 11.8. The Balaban J connectivity index is 2.10. The van der Waals surface area contributed by atoms with Crippen LogP contribution in [0.4, 0.5) is 5.69 Å². The number of aromatic nitrogens is 2. The zero-order valence-electron chi connectivity index (χ0n) is 14.8. The third-order valence-corrected chi connectivity index (χ3v) is 3.87. The van der Waals surface area contributed by atoms with Crippen molar-refractivity contribution in [1.29, 1.82) is 0 Å². The molecule has 0 aliphatic rings. The van der Waals surface area contributed by atoms with Crippen LogP contribution in [0.1, 0.15) is 34.2 Å². The molecule has 25 heavy (non-hydrogen) atoms. The molecule has 0 saturated carbocycles. The second kappa shape index (κ2) is 7.89. The maximum atomic E-state index is 12.1. The van der Waals surface area contributed by atoms with E-state index in [0.29, 0.717) is 30.1 Å². The van der Waals surface area contributed by atoms with Gasteiger partial charge in [-0.25, -0.2) is 0 Å². The summed E-state index contributed by atoms with van der Waals surface area (Å²) in [6.45, 7) is 6.02. The van der Waals surface area contributed by atoms with Gasteiger partial charge in [-0.05, 0) is 38.5 Å². The normalized spacial score (nSPS) is 12.0. The van der Waals surface area contributed by atoms with Crippen molar-refractivity contribution in [2.24, 2.45) is 0 Å². The Morgan fingerprint density at radius 3 is 2.52 bits per heavy atom. The Labute approximate surface area is 145 Å². The molecule has 1 amide bonds. The van der Waals surface area contributed by atoms with Crippen LogP contribution in [-0.4, -0.2) is 40.4 Å². The third kappa shape index (κ3) is 4.42. The monoisotopic (exact) mass is 346 g/mol. The molecule has 0 spiro atoms. The molecule has 2 rings (SSSR count). The predicted octanol–water partition coefficient (Wildman–Crippen LogP) is 2.22. The topological polar surface area (TPSA) is 99.3 Å². The Morgan fingerprint density at radius 1 is 1.36 bits per heavy atom. The van der Waals surface area contributed by atoms with E-state index < -0.39 is 4.92 Å². The Kier molecular flexibility index (Phi) is 5.87. The van der Waals surface area contributed by atoms with Gasteiger partial charge in [0.2, 0.25) is 0 Å². The molecule has 2 aromatic rings. The zero-order chi connectivity index (χ0) is 18.6. The molecule has 1 unspecified atom stereocenters. The van der Waals surface area contributed by atoms with Crippen molar-refractivity contribution in [3.63, 3.8) is 0 Å². The van der Waals surface area contributed by atoms with Gasteiger partial charge in [0.05, 0.1) is 18.1 Å². The lowest BCUT2D eigenvalue weighted by Crippen LogP contribution is -2.35. The van der Waals surface area contributed by atoms with E-state index in [-0.39, 0.29) is 17.6 Å². The number of benzene rings is 1. The number of methoxy groups -OCH3 is 1. The van der Waals surface area contributed by atoms with Crippen LogP contribution in [0, 0.1) is 24.0 Å². The van der Waals surface area contributed by atoms with E-state index in [0.717, 1.165) is 5.56 Å². The first-order valence-corrected chi connectivity index (χ1v) is 7.90. The number of rotatable bonds is 7. The van der Waals surface area contributed by atoms with E-state index in [4.69, 9.17) is 4.74 Å². The number of nitrogens with zero attached hydrogens (tertiary/aromatic N) is 3. The summed E-state index contributed by atoms with van der Waals surface area (Å²) in [5.41, 5.74) is 2.40. The summed E-state index contributed by atoms with van der Waals surface area (Å²) in [4.78, 5) is 22.8. The average Bonchev–Trinajstić information content (AvgIpc) is 2.82. The molecule has 0 saturated heterocycles. The van der Waals surface area contributed by atoms with Gasteiger partial charge in [0.25, 0.3) is 5.91 Å². The number of carbonyl (C=O) groups excluding carboxylic acids is 1. The largest absolute Gasteiger partial charge is 0.383 e. The SMILES string of the molecule is COCC(C)NC(=O)c1ccc(Cn2nc(C)c([N+](=O)[O-])c2C)cc1. The number of ether oxygens (including phenoxy) is 1. The number of amides is 1. The lowest BCUT2D eigenvalue weighted by molar-refractivity contribution is -0.386. The molecule has 0 aliphatic heterocycles. The van der Waals surface area contributed by atoms with Crippen LogP contribution in [0.2, 0.25) is 0 Å². The van der Waals surface area contributed by atoms with Crippen LogP contribution in [0.5, 0.6) is 0 Å². The number of hydrogen-bond donors (Lipinski definition) is 1. The standard InChI is InChI=1S/C17H22N4O4/c1-11(10-25-4)18-17(22)15-7-5-14(6-8-15)9-20-13(3)16(21(23)24)12(2)19-20/h5-8,11H,9-10H2,1-4H3,(H,18,22). The molecule has 1 atom stereocenters. The van der Waals surface area contributed by atoms with Gasteiger partial charge in [-0.15, -0.1) is 0 Å². The van der Waals surface area contributed by atoms with Crippen LogP contribution in [0.3, 0.4) is 0 Å². The van der Waals surface area contributed by atoms with Gasteiger partial charge in [-0.2, -0.15) is 5.10 Å². The summed E-state index contributed by atoms with van der Waals surface area (Å²) in [5.74, 6) is -0.169. The van der Waals surface area contributed by atoms with Gasteiger partial charge >= 0.3 is 5.69 Å². The molecular weight excluding hydrogens is 324 g/mol. The highest BCUT2D eigenvalue weighted by Gasteiger charge is 2.21. The van der Waals surface area contributed by atoms with Crippen molar-refractivity contribution >= 4 is 11.6 Å². The summed E-state index contributed by atoms with van der Waals surface area (Å²) < 4.78 is 6.59. The van der Waals surface area contributed by atoms with E-state index >= 15 is 0 Å². The number of nitro groups is 1. The van der Waals surface area contributed by atoms with Crippen molar-refractivity contribution in [3.8, 4) is 0 Å². The van der Waals surface area contributed by atoms with E-state index in [9.17, 15) is 14.9 Å². The van der Waals surface area contributed by atoms with E-state index in [1.54, 1.807) is 37.8 Å². The second-order valence-electron chi connectivity index (χ2n) is 5.96. The minimum Gasteiger partial charge on any atom is -0.383 e. The van der Waals surface area contributed by atoms with Crippen molar-refractivity contribution in [2.45, 2.75) is 33.4 Å². The van der Waals surface area contributed by atoms with Crippen LogP contribution < -0.4 is 5.32 Å². The second-order valence-corrected chi connectivity index (χ2v) is 5.96. The fraction of sp³-hybridized carbons (Fsp3) is 0.412. The summed E-state index contributed by atoms with van der Waals surface area (Å²) in [6.07, 6.45) is 0. The fourth-order valence-corrected chi connectivity index (χ4v) is 2.64. The van der Waals surface area contributed by atoms with Crippen LogP contribution in [-0.2, 0) is 11.3 Å². The first-order valence-electron chi connectivity index (χ1n) is 7.90. The Morgan fingerprint density at radius 2 is 2.00 bits per heavy atom. The van der Waals surface area contributed by atoms with E-state index in [2.05, 4.69) is 10.4 Å². The average molecular weight is 346 g/mol. The molecule has 8 nitrogen and oxygen atoms in total. The van der Waals surface area contributed by atoms with Crippen molar-refractivity contribution in [1.82, 2.24) is 15.1 Å². The molecule has 1 heterocycles. The highest BCUT2D eigenvalue weighted by Crippen LogP contribution is 2.22. The van der Waals surface area contributed by atoms with Gasteiger partial charge in [0, 0.05) is 18.7 Å². The van der Waals surface area contributed by atoms with Crippen molar-refractivity contribution < 1.29 is 14.5 Å². The maximum Gasteiger partial charge on any atom is 0.312 e. The number of aryl methyl sites for hydroxylation is 1. The number of carbonyl (C=O) groups is 1. The molecule has 8 heteroatoms. The minimum atomic E-state index is -0.414. The lowest BCUT2D eigenvalue weighted by atomic mass is 10.1. The van der Waals surface area contributed by atoms with Crippen LogP contribution >= 0.6 is 0 Å². The van der Waals surface area contributed by atoms with Gasteiger partial charge in [-0.3, -0.25) is 19.6 Å². The van der Waals surface area contributed by atoms with Gasteiger partial charge in [-0.1, -0.05) is 12.1 Å². The highest BCUT2D eigenvalue weighted by atomic mass is 16.6. The highest BCUT2D eigenvalue weighted by molar-refractivity contribution is 5.94. The predicted molar refractivity (Wildman–Crippen MR) is 92.7 cm³/mol. The summed E-state index contributed by atoms with van der Waals surface area (Å²) in [7, 11) is 1.58. The summed E-state index contributed by atoms with van der Waals surface area (Å²) in [6, 6.07) is 7.01. The smallest absolute Gasteiger partial charge is 0.312 e. The van der Waals surface area contributed by atoms with Crippen molar-refractivity contribution in [2.75, 3.05) is 13.7 Å². The van der Waals surface area contributed by atoms with E-state index in [1.165, 1.54) is 0 Å². The molecular formula is C17H22N4O4. The lowest BCUT2D eigenvalue weighted by Gasteiger charge is -2.13. The molecule has 0 bridgehead atoms. The Hall–Kier alpha value is -2.74. The molecule has 0 fully saturated rings. The Bertz CT molecular complexity index is 768. The first kappa shape index (κ1) is 18.6. The van der Waals surface area contributed by atoms with Gasteiger partial charge < -0.3 is 10.1 Å². The number of nitrogens with one attached hydrogen (secondary N) is 1. The van der Waals surface area contributed by atoms with Gasteiger partial charge in [0.1, 0.15) is 11.4 Å². The molecule has 1 N–H and O–H groups in total. The maximum absolute atomic E-state index is 12.1. The fourth-order valence-electron chi connectivity index (χ4n) is 2.64. The molecule has 134 valence electrons. The molecule has 1 aromatic heterocycles.